The second kappa shape index (κ2) is 10.7. The van der Waals surface area contributed by atoms with E-state index in [1.165, 1.54) is 43.5 Å². The van der Waals surface area contributed by atoms with E-state index in [2.05, 4.69) is 20.7 Å². The van der Waals surface area contributed by atoms with Crippen LogP contribution >= 0.6 is 23.8 Å². The Labute approximate surface area is 198 Å². The van der Waals surface area contributed by atoms with E-state index in [1.807, 2.05) is 0 Å². The number of anilines is 2. The molecule has 0 saturated carbocycles. The summed E-state index contributed by atoms with van der Waals surface area (Å²) in [4.78, 5) is 36.6. The summed E-state index contributed by atoms with van der Waals surface area (Å²) in [6.07, 6.45) is 0. The Morgan fingerprint density at radius 3 is 2.18 bits per heavy atom. The first-order chi connectivity index (χ1) is 15.8. The van der Waals surface area contributed by atoms with Crippen molar-refractivity contribution in [2.24, 2.45) is 0 Å². The van der Waals surface area contributed by atoms with Gasteiger partial charge in [-0.15, -0.1) is 0 Å². The number of methoxy groups -OCH3 is 1. The van der Waals surface area contributed by atoms with Crippen LogP contribution in [-0.4, -0.2) is 30.0 Å². The van der Waals surface area contributed by atoms with Crippen LogP contribution in [0.5, 0.6) is 0 Å². The molecular weight excluding hydrogens is 469 g/mol. The molecule has 0 bridgehead atoms. The topological polar surface area (TPSA) is 96.5 Å². The van der Waals surface area contributed by atoms with Gasteiger partial charge in [0.25, 0.3) is 11.8 Å². The van der Waals surface area contributed by atoms with Crippen LogP contribution in [0.15, 0.2) is 66.7 Å². The maximum absolute atomic E-state index is 13.3. The van der Waals surface area contributed by atoms with Gasteiger partial charge in [-0.1, -0.05) is 23.7 Å². The highest BCUT2D eigenvalue weighted by atomic mass is 35.5. The molecule has 0 spiro atoms. The van der Waals surface area contributed by atoms with E-state index in [9.17, 15) is 18.8 Å². The highest BCUT2D eigenvalue weighted by molar-refractivity contribution is 7.80. The SMILES string of the molecule is COC(=O)c1cccc(C(=O)NC(=S)Nc2cccc(C(=O)Nc3ccc(F)c(Cl)c3)c2)c1. The fourth-order valence-electron chi connectivity index (χ4n) is 2.76. The number of hydrogen-bond donors (Lipinski definition) is 3. The first kappa shape index (κ1) is 23.8. The summed E-state index contributed by atoms with van der Waals surface area (Å²) in [5.74, 6) is -2.13. The first-order valence-electron chi connectivity index (χ1n) is 9.44. The molecule has 3 rings (SSSR count). The minimum Gasteiger partial charge on any atom is -0.465 e. The Morgan fingerprint density at radius 2 is 1.48 bits per heavy atom. The van der Waals surface area contributed by atoms with Crippen molar-refractivity contribution in [1.82, 2.24) is 5.32 Å². The highest BCUT2D eigenvalue weighted by Crippen LogP contribution is 2.20. The molecule has 0 unspecified atom stereocenters. The summed E-state index contributed by atoms with van der Waals surface area (Å²) >= 11 is 10.9. The van der Waals surface area contributed by atoms with Gasteiger partial charge >= 0.3 is 5.97 Å². The predicted molar refractivity (Wildman–Crippen MR) is 127 cm³/mol. The number of nitrogens with one attached hydrogen (secondary N) is 3. The van der Waals surface area contributed by atoms with Crippen LogP contribution in [-0.2, 0) is 4.74 Å². The van der Waals surface area contributed by atoms with E-state index in [-0.39, 0.29) is 21.3 Å². The summed E-state index contributed by atoms with van der Waals surface area (Å²) in [7, 11) is 1.25. The van der Waals surface area contributed by atoms with Crippen LogP contribution in [0.1, 0.15) is 31.1 Å². The van der Waals surface area contributed by atoms with Crippen LogP contribution in [0.4, 0.5) is 15.8 Å². The summed E-state index contributed by atoms with van der Waals surface area (Å²) in [6, 6.07) is 16.2. The monoisotopic (exact) mass is 485 g/mol. The quantitative estimate of drug-likeness (QED) is 0.360. The number of benzene rings is 3. The lowest BCUT2D eigenvalue weighted by Crippen LogP contribution is -2.34. The molecule has 0 atom stereocenters. The lowest BCUT2D eigenvalue weighted by atomic mass is 10.1. The fraction of sp³-hybridized carbons (Fsp3) is 0.0435. The van der Waals surface area contributed by atoms with Gasteiger partial charge in [0, 0.05) is 22.5 Å². The third-order valence-corrected chi connectivity index (χ3v) is 4.83. The molecule has 0 saturated heterocycles. The molecular formula is C23H17ClFN3O4S. The Bertz CT molecular complexity index is 1250. The van der Waals surface area contributed by atoms with Crippen molar-refractivity contribution in [3.05, 3.63) is 94.3 Å². The van der Waals surface area contributed by atoms with Crippen LogP contribution in [0, 0.1) is 5.82 Å². The third-order valence-electron chi connectivity index (χ3n) is 4.33. The zero-order valence-corrected chi connectivity index (χ0v) is 18.7. The van der Waals surface area contributed by atoms with Crippen LogP contribution in [0.3, 0.4) is 0 Å². The van der Waals surface area contributed by atoms with Gasteiger partial charge in [-0.2, -0.15) is 0 Å². The zero-order chi connectivity index (χ0) is 24.0. The number of hydrogen-bond acceptors (Lipinski definition) is 5. The third kappa shape index (κ3) is 6.34. The van der Waals surface area contributed by atoms with Crippen molar-refractivity contribution in [3.63, 3.8) is 0 Å². The zero-order valence-electron chi connectivity index (χ0n) is 17.1. The molecule has 10 heteroatoms. The number of ether oxygens (including phenoxy) is 1. The minimum absolute atomic E-state index is 0.00801. The van der Waals surface area contributed by atoms with Gasteiger partial charge in [0.1, 0.15) is 5.82 Å². The number of thiocarbonyl (C=S) groups is 1. The van der Waals surface area contributed by atoms with E-state index in [0.717, 1.165) is 6.07 Å². The second-order valence-corrected chi connectivity index (χ2v) is 7.46. The van der Waals surface area contributed by atoms with Gasteiger partial charge in [0.05, 0.1) is 17.7 Å². The van der Waals surface area contributed by atoms with Gasteiger partial charge in [-0.3, -0.25) is 14.9 Å². The maximum Gasteiger partial charge on any atom is 0.337 e. The van der Waals surface area contributed by atoms with Gasteiger partial charge in [0.2, 0.25) is 0 Å². The summed E-state index contributed by atoms with van der Waals surface area (Å²) < 4.78 is 17.9. The van der Waals surface area contributed by atoms with Gasteiger partial charge in [0.15, 0.2) is 5.11 Å². The Morgan fingerprint density at radius 1 is 0.848 bits per heavy atom. The molecule has 33 heavy (non-hydrogen) atoms. The average Bonchev–Trinajstić information content (AvgIpc) is 2.81. The van der Waals surface area contributed by atoms with Gasteiger partial charge in [-0.05, 0) is 66.8 Å². The molecule has 2 amide bonds. The number of carbonyl (C=O) groups excluding carboxylic acids is 3. The summed E-state index contributed by atoms with van der Waals surface area (Å²) in [6.45, 7) is 0. The lowest BCUT2D eigenvalue weighted by molar-refractivity contribution is 0.0600. The van der Waals surface area contributed by atoms with Crippen molar-refractivity contribution in [1.29, 1.82) is 0 Å². The standard InChI is InChI=1S/C23H17ClFN3O4S/c1-32-22(31)15-6-2-4-13(10-15)21(30)28-23(33)27-16-7-3-5-14(11-16)20(29)26-17-8-9-19(25)18(24)12-17/h2-12H,1H3,(H,26,29)(H2,27,28,30,33). The molecule has 0 aromatic heterocycles. The molecule has 7 nitrogen and oxygen atoms in total. The first-order valence-corrected chi connectivity index (χ1v) is 10.2. The van der Waals surface area contributed by atoms with Crippen LogP contribution in [0.25, 0.3) is 0 Å². The highest BCUT2D eigenvalue weighted by Gasteiger charge is 2.13. The van der Waals surface area contributed by atoms with Crippen molar-refractivity contribution in [3.8, 4) is 0 Å². The van der Waals surface area contributed by atoms with E-state index >= 15 is 0 Å². The molecule has 3 N–H and O–H groups in total. The van der Waals surface area contributed by atoms with E-state index in [1.54, 1.807) is 24.3 Å². The number of rotatable bonds is 5. The molecule has 0 fully saturated rings. The smallest absolute Gasteiger partial charge is 0.337 e. The maximum atomic E-state index is 13.3. The molecule has 0 aliphatic heterocycles. The largest absolute Gasteiger partial charge is 0.465 e. The Kier molecular flexibility index (Phi) is 7.70. The normalized spacial score (nSPS) is 10.2. The number of amides is 2. The molecule has 168 valence electrons. The molecule has 3 aromatic rings. The average molecular weight is 486 g/mol. The Hall–Kier alpha value is -3.82. The number of carbonyl (C=O) groups is 3. The lowest BCUT2D eigenvalue weighted by Gasteiger charge is -2.11. The summed E-state index contributed by atoms with van der Waals surface area (Å²) in [5, 5.41) is 7.84. The second-order valence-electron chi connectivity index (χ2n) is 6.64. The van der Waals surface area contributed by atoms with Crippen LogP contribution in [0.2, 0.25) is 5.02 Å². The number of esters is 1. The summed E-state index contributed by atoms with van der Waals surface area (Å²) in [5.41, 5.74) is 1.52. The predicted octanol–water partition coefficient (Wildman–Crippen LogP) is 4.64. The van der Waals surface area contributed by atoms with Gasteiger partial charge in [-0.25, -0.2) is 9.18 Å². The van der Waals surface area contributed by atoms with E-state index in [0.29, 0.717) is 16.9 Å². The van der Waals surface area contributed by atoms with Crippen molar-refractivity contribution in [2.45, 2.75) is 0 Å². The molecule has 0 radical (unpaired) electrons. The van der Waals surface area contributed by atoms with Crippen LogP contribution < -0.4 is 16.0 Å². The molecule has 3 aromatic carbocycles. The molecule has 0 aliphatic rings. The van der Waals surface area contributed by atoms with E-state index < -0.39 is 23.6 Å². The van der Waals surface area contributed by atoms with Crippen molar-refractivity contribution in [2.75, 3.05) is 17.7 Å². The molecule has 0 heterocycles. The van der Waals surface area contributed by atoms with Crippen molar-refractivity contribution < 1.29 is 23.5 Å². The van der Waals surface area contributed by atoms with E-state index in [4.69, 9.17) is 23.8 Å². The number of halogens is 2. The fourth-order valence-corrected chi connectivity index (χ4v) is 3.15. The Balaban J connectivity index is 1.64. The van der Waals surface area contributed by atoms with Crippen molar-refractivity contribution >= 4 is 58.1 Å². The van der Waals surface area contributed by atoms with Gasteiger partial charge < -0.3 is 15.4 Å². The molecule has 0 aliphatic carbocycles. The minimum atomic E-state index is -0.589.